The van der Waals surface area contributed by atoms with E-state index in [2.05, 4.69) is 48.5 Å². The molecule has 0 saturated heterocycles. The number of nitrogens with one attached hydrogen (secondary N) is 1. The average molecular weight is 215 g/mol. The fourth-order valence-electron chi connectivity index (χ4n) is 1.75. The second-order valence-corrected chi connectivity index (χ2v) is 4.06. The quantitative estimate of drug-likeness (QED) is 0.544. The molecule has 0 heterocycles. The summed E-state index contributed by atoms with van der Waals surface area (Å²) in [6.45, 7) is 3.22. The minimum Gasteiger partial charge on any atom is -0.313 e. The first-order valence-electron chi connectivity index (χ1n) is 6.07. The van der Waals surface area contributed by atoms with Gasteiger partial charge in [0.25, 0.3) is 0 Å². The third-order valence-electron chi connectivity index (χ3n) is 2.78. The minimum atomic E-state index is 0.487. The fraction of sp³-hybridized carbons (Fsp3) is 0.467. The molecule has 0 aliphatic carbocycles. The van der Waals surface area contributed by atoms with E-state index in [1.165, 1.54) is 12.0 Å². The monoisotopic (exact) mass is 215 g/mol. The van der Waals surface area contributed by atoms with Crippen molar-refractivity contribution in [3.8, 4) is 12.3 Å². The molecule has 0 bridgehead atoms. The van der Waals surface area contributed by atoms with Gasteiger partial charge in [-0.15, -0.1) is 12.3 Å². The number of benzene rings is 1. The van der Waals surface area contributed by atoms with Crippen LogP contribution in [-0.2, 0) is 6.42 Å². The summed E-state index contributed by atoms with van der Waals surface area (Å²) in [5.41, 5.74) is 1.41. The molecule has 0 aliphatic rings. The average Bonchev–Trinajstić information content (AvgIpc) is 2.34. The van der Waals surface area contributed by atoms with Gasteiger partial charge in [-0.1, -0.05) is 37.3 Å². The van der Waals surface area contributed by atoms with Gasteiger partial charge >= 0.3 is 0 Å². The van der Waals surface area contributed by atoms with Crippen molar-refractivity contribution in [2.75, 3.05) is 6.54 Å². The van der Waals surface area contributed by atoms with Crippen molar-refractivity contribution >= 4 is 0 Å². The molecule has 0 fully saturated rings. The van der Waals surface area contributed by atoms with Crippen LogP contribution in [0.4, 0.5) is 0 Å². The Balaban J connectivity index is 2.14. The standard InChI is InChI=1S/C15H21N/c1-3-9-15(4-2)16-13-8-12-14-10-6-5-7-11-14/h1,5-7,10-11,15-16H,4,8-9,12-13H2,2H3. The first-order chi connectivity index (χ1) is 7.86. The van der Waals surface area contributed by atoms with Crippen molar-refractivity contribution in [2.24, 2.45) is 0 Å². The van der Waals surface area contributed by atoms with E-state index in [0.29, 0.717) is 6.04 Å². The molecule has 1 atom stereocenters. The molecule has 1 heteroatoms. The van der Waals surface area contributed by atoms with Crippen LogP contribution in [-0.4, -0.2) is 12.6 Å². The summed E-state index contributed by atoms with van der Waals surface area (Å²) < 4.78 is 0. The van der Waals surface area contributed by atoms with Gasteiger partial charge in [-0.2, -0.15) is 0 Å². The van der Waals surface area contributed by atoms with Gasteiger partial charge in [-0.25, -0.2) is 0 Å². The van der Waals surface area contributed by atoms with Crippen molar-refractivity contribution < 1.29 is 0 Å². The largest absolute Gasteiger partial charge is 0.313 e. The van der Waals surface area contributed by atoms with Crippen LogP contribution in [0.2, 0.25) is 0 Å². The summed E-state index contributed by atoms with van der Waals surface area (Å²) in [7, 11) is 0. The van der Waals surface area contributed by atoms with Crippen LogP contribution in [0.15, 0.2) is 30.3 Å². The Kier molecular flexibility index (Phi) is 6.37. The van der Waals surface area contributed by atoms with E-state index in [0.717, 1.165) is 25.8 Å². The van der Waals surface area contributed by atoms with Crippen molar-refractivity contribution in [1.82, 2.24) is 5.32 Å². The van der Waals surface area contributed by atoms with Crippen LogP contribution in [0.5, 0.6) is 0 Å². The van der Waals surface area contributed by atoms with Crippen LogP contribution >= 0.6 is 0 Å². The smallest absolute Gasteiger partial charge is 0.0240 e. The summed E-state index contributed by atoms with van der Waals surface area (Å²) in [5, 5.41) is 3.50. The second kappa shape index (κ2) is 7.96. The maximum Gasteiger partial charge on any atom is 0.0240 e. The van der Waals surface area contributed by atoms with E-state index in [4.69, 9.17) is 6.42 Å². The molecule has 0 saturated carbocycles. The SMILES string of the molecule is C#CCC(CC)NCCCc1ccccc1. The zero-order valence-electron chi connectivity index (χ0n) is 10.1. The van der Waals surface area contributed by atoms with Gasteiger partial charge in [0.1, 0.15) is 0 Å². The lowest BCUT2D eigenvalue weighted by molar-refractivity contribution is 0.499. The van der Waals surface area contributed by atoms with E-state index in [1.54, 1.807) is 0 Å². The maximum absolute atomic E-state index is 5.31. The Morgan fingerprint density at radius 3 is 2.69 bits per heavy atom. The first-order valence-corrected chi connectivity index (χ1v) is 6.07. The lowest BCUT2D eigenvalue weighted by Crippen LogP contribution is -2.29. The van der Waals surface area contributed by atoms with Crippen molar-refractivity contribution in [3.63, 3.8) is 0 Å². The van der Waals surface area contributed by atoms with Gasteiger partial charge < -0.3 is 5.32 Å². The summed E-state index contributed by atoms with van der Waals surface area (Å²) >= 11 is 0. The van der Waals surface area contributed by atoms with Crippen LogP contribution in [0.1, 0.15) is 31.7 Å². The summed E-state index contributed by atoms with van der Waals surface area (Å²) in [5.74, 6) is 2.71. The highest BCUT2D eigenvalue weighted by molar-refractivity contribution is 5.14. The zero-order valence-corrected chi connectivity index (χ0v) is 10.1. The summed E-state index contributed by atoms with van der Waals surface area (Å²) in [6.07, 6.45) is 9.56. The minimum absolute atomic E-state index is 0.487. The molecule has 1 aromatic carbocycles. The van der Waals surface area contributed by atoms with Crippen molar-refractivity contribution in [3.05, 3.63) is 35.9 Å². The fourth-order valence-corrected chi connectivity index (χ4v) is 1.75. The highest BCUT2D eigenvalue weighted by Gasteiger charge is 2.02. The first kappa shape index (κ1) is 12.8. The van der Waals surface area contributed by atoms with Crippen LogP contribution in [0.3, 0.4) is 0 Å². The van der Waals surface area contributed by atoms with Crippen LogP contribution in [0, 0.1) is 12.3 Å². The Bertz CT molecular complexity index is 310. The van der Waals surface area contributed by atoms with Gasteiger partial charge in [0.2, 0.25) is 0 Å². The number of aryl methyl sites for hydroxylation is 1. The van der Waals surface area contributed by atoms with Crippen LogP contribution in [0.25, 0.3) is 0 Å². The van der Waals surface area contributed by atoms with E-state index in [-0.39, 0.29) is 0 Å². The molecule has 86 valence electrons. The van der Waals surface area contributed by atoms with Gasteiger partial charge in [0.15, 0.2) is 0 Å². The highest BCUT2D eigenvalue weighted by Crippen LogP contribution is 2.02. The third-order valence-corrected chi connectivity index (χ3v) is 2.78. The normalized spacial score (nSPS) is 12.0. The highest BCUT2D eigenvalue weighted by atomic mass is 14.9. The molecule has 1 rings (SSSR count). The van der Waals surface area contributed by atoms with Crippen molar-refractivity contribution in [2.45, 2.75) is 38.6 Å². The van der Waals surface area contributed by atoms with E-state index in [1.807, 2.05) is 0 Å². The van der Waals surface area contributed by atoms with Gasteiger partial charge in [0.05, 0.1) is 0 Å². The Morgan fingerprint density at radius 2 is 2.06 bits per heavy atom. The molecule has 0 spiro atoms. The number of rotatable bonds is 7. The molecular weight excluding hydrogens is 194 g/mol. The zero-order chi connectivity index (χ0) is 11.6. The van der Waals surface area contributed by atoms with Crippen LogP contribution < -0.4 is 5.32 Å². The molecule has 1 aromatic rings. The Hall–Kier alpha value is -1.26. The lowest BCUT2D eigenvalue weighted by atomic mass is 10.1. The molecule has 0 aromatic heterocycles. The molecule has 0 amide bonds. The topological polar surface area (TPSA) is 12.0 Å². The summed E-state index contributed by atoms with van der Waals surface area (Å²) in [4.78, 5) is 0. The van der Waals surface area contributed by atoms with E-state index >= 15 is 0 Å². The molecule has 0 radical (unpaired) electrons. The molecule has 1 nitrogen and oxygen atoms in total. The van der Waals surface area contributed by atoms with E-state index < -0.39 is 0 Å². The molecule has 0 aliphatic heterocycles. The molecular formula is C15H21N. The molecule has 16 heavy (non-hydrogen) atoms. The second-order valence-electron chi connectivity index (χ2n) is 4.06. The van der Waals surface area contributed by atoms with Gasteiger partial charge in [0, 0.05) is 12.5 Å². The number of hydrogen-bond donors (Lipinski definition) is 1. The summed E-state index contributed by atoms with van der Waals surface area (Å²) in [6, 6.07) is 11.1. The van der Waals surface area contributed by atoms with Crippen molar-refractivity contribution in [1.29, 1.82) is 0 Å². The predicted molar refractivity (Wildman–Crippen MR) is 70.3 cm³/mol. The Morgan fingerprint density at radius 1 is 1.31 bits per heavy atom. The predicted octanol–water partition coefficient (Wildman–Crippen LogP) is 3.01. The maximum atomic E-state index is 5.31. The third kappa shape index (κ3) is 5.00. The Labute approximate surface area is 99.3 Å². The molecule has 1 unspecified atom stereocenters. The van der Waals surface area contributed by atoms with Gasteiger partial charge in [-0.05, 0) is 31.4 Å². The number of terminal acetylenes is 1. The number of hydrogen-bond acceptors (Lipinski definition) is 1. The van der Waals surface area contributed by atoms with E-state index in [9.17, 15) is 0 Å². The van der Waals surface area contributed by atoms with Gasteiger partial charge in [-0.3, -0.25) is 0 Å². The lowest BCUT2D eigenvalue weighted by Gasteiger charge is -2.13. The molecule has 1 N–H and O–H groups in total.